The average molecular weight is 241 g/mol. The van der Waals surface area contributed by atoms with Gasteiger partial charge in [-0.3, -0.25) is 4.79 Å². The Morgan fingerprint density at radius 2 is 1.83 bits per heavy atom. The van der Waals surface area contributed by atoms with Gasteiger partial charge in [0, 0.05) is 19.5 Å². The van der Waals surface area contributed by atoms with Crippen molar-refractivity contribution in [2.45, 2.75) is 19.9 Å². The van der Waals surface area contributed by atoms with Gasteiger partial charge in [0.2, 0.25) is 0 Å². The van der Waals surface area contributed by atoms with Gasteiger partial charge in [0.15, 0.2) is 0 Å². The Morgan fingerprint density at radius 3 is 2.56 bits per heavy atom. The van der Waals surface area contributed by atoms with Gasteiger partial charge in [-0.1, -0.05) is 36.4 Å². The lowest BCUT2D eigenvalue weighted by Crippen LogP contribution is -2.20. The lowest BCUT2D eigenvalue weighted by atomic mass is 10.1. The van der Waals surface area contributed by atoms with Gasteiger partial charge in [-0.25, -0.2) is 0 Å². The molecule has 2 rings (SSSR count). The molecule has 2 nitrogen and oxygen atoms in total. The number of Topliss-reactive ketones (excluding diaryl/α,β-unsaturated/α-hetero) is 1. The van der Waals surface area contributed by atoms with E-state index >= 15 is 0 Å². The second-order valence-electron chi connectivity index (χ2n) is 4.87. The van der Waals surface area contributed by atoms with Gasteiger partial charge < -0.3 is 4.90 Å². The first-order valence-electron chi connectivity index (χ1n) is 6.31. The summed E-state index contributed by atoms with van der Waals surface area (Å²) in [6, 6.07) is 14.9. The van der Waals surface area contributed by atoms with Crippen LogP contribution in [0.15, 0.2) is 42.5 Å². The van der Waals surface area contributed by atoms with Crippen molar-refractivity contribution < 1.29 is 4.79 Å². The standard InChI is InChI=1S/C16H19NO/c1-13(18)9-10-17(2)12-14-7-8-15-5-3-4-6-16(15)11-14/h3-8,11H,9-10,12H2,1-2H3. The molecule has 0 bridgehead atoms. The van der Waals surface area contributed by atoms with Crippen LogP contribution in [0.3, 0.4) is 0 Å². The summed E-state index contributed by atoms with van der Waals surface area (Å²) in [5, 5.41) is 2.54. The van der Waals surface area contributed by atoms with Crippen LogP contribution in [-0.2, 0) is 11.3 Å². The molecule has 18 heavy (non-hydrogen) atoms. The van der Waals surface area contributed by atoms with E-state index in [4.69, 9.17) is 0 Å². The summed E-state index contributed by atoms with van der Waals surface area (Å²) in [6.07, 6.45) is 0.629. The Bertz CT molecular complexity index is 548. The van der Waals surface area contributed by atoms with Gasteiger partial charge in [-0.05, 0) is 36.4 Å². The maximum Gasteiger partial charge on any atom is 0.131 e. The second kappa shape index (κ2) is 5.78. The molecule has 2 aromatic carbocycles. The van der Waals surface area contributed by atoms with Crippen molar-refractivity contribution >= 4 is 16.6 Å². The molecule has 0 saturated heterocycles. The normalized spacial score (nSPS) is 11.1. The van der Waals surface area contributed by atoms with Gasteiger partial charge in [0.1, 0.15) is 5.78 Å². The second-order valence-corrected chi connectivity index (χ2v) is 4.87. The molecule has 2 aromatic rings. The van der Waals surface area contributed by atoms with Gasteiger partial charge in [0.25, 0.3) is 0 Å². The molecule has 0 aliphatic heterocycles. The first kappa shape index (κ1) is 12.8. The minimum atomic E-state index is 0.250. The Kier molecular flexibility index (Phi) is 4.11. The summed E-state index contributed by atoms with van der Waals surface area (Å²) in [7, 11) is 2.05. The van der Waals surface area contributed by atoms with E-state index in [0.717, 1.165) is 13.1 Å². The average Bonchev–Trinajstić information content (AvgIpc) is 2.36. The van der Waals surface area contributed by atoms with E-state index in [1.807, 2.05) is 0 Å². The number of nitrogens with zero attached hydrogens (tertiary/aromatic N) is 1. The molecule has 0 heterocycles. The lowest BCUT2D eigenvalue weighted by Gasteiger charge is -2.16. The highest BCUT2D eigenvalue weighted by Gasteiger charge is 2.03. The van der Waals surface area contributed by atoms with Crippen molar-refractivity contribution in [3.05, 3.63) is 48.0 Å². The number of carbonyl (C=O) groups excluding carboxylic acids is 1. The Balaban J connectivity index is 2.05. The quantitative estimate of drug-likeness (QED) is 0.801. The number of hydrogen-bond acceptors (Lipinski definition) is 2. The van der Waals surface area contributed by atoms with Crippen LogP contribution in [0.5, 0.6) is 0 Å². The number of hydrogen-bond donors (Lipinski definition) is 0. The monoisotopic (exact) mass is 241 g/mol. The molecule has 0 amide bonds. The van der Waals surface area contributed by atoms with Crippen LogP contribution < -0.4 is 0 Å². The number of rotatable bonds is 5. The summed E-state index contributed by atoms with van der Waals surface area (Å²) in [5.41, 5.74) is 1.29. The summed E-state index contributed by atoms with van der Waals surface area (Å²) in [6.45, 7) is 3.35. The molecule has 0 atom stereocenters. The van der Waals surface area contributed by atoms with Gasteiger partial charge in [0.05, 0.1) is 0 Å². The van der Waals surface area contributed by atoms with Gasteiger partial charge in [-0.2, -0.15) is 0 Å². The highest BCUT2D eigenvalue weighted by molar-refractivity contribution is 5.83. The SMILES string of the molecule is CC(=O)CCN(C)Cc1ccc2ccccc2c1. The molecule has 0 unspecified atom stereocenters. The smallest absolute Gasteiger partial charge is 0.131 e. The minimum Gasteiger partial charge on any atom is -0.302 e. The van der Waals surface area contributed by atoms with Crippen molar-refractivity contribution in [1.29, 1.82) is 0 Å². The van der Waals surface area contributed by atoms with Crippen LogP contribution in [-0.4, -0.2) is 24.3 Å². The van der Waals surface area contributed by atoms with Gasteiger partial charge in [-0.15, -0.1) is 0 Å². The van der Waals surface area contributed by atoms with Crippen molar-refractivity contribution in [2.75, 3.05) is 13.6 Å². The molecular weight excluding hydrogens is 222 g/mol. The highest BCUT2D eigenvalue weighted by Crippen LogP contribution is 2.16. The van der Waals surface area contributed by atoms with E-state index in [0.29, 0.717) is 6.42 Å². The van der Waals surface area contributed by atoms with Crippen molar-refractivity contribution in [3.8, 4) is 0 Å². The summed E-state index contributed by atoms with van der Waals surface area (Å²) >= 11 is 0. The number of fused-ring (bicyclic) bond motifs is 1. The molecule has 2 heteroatoms. The fourth-order valence-corrected chi connectivity index (χ4v) is 2.08. The third-order valence-corrected chi connectivity index (χ3v) is 3.11. The first-order chi connectivity index (χ1) is 8.65. The molecule has 0 aromatic heterocycles. The Morgan fingerprint density at radius 1 is 1.11 bits per heavy atom. The van der Waals surface area contributed by atoms with E-state index in [9.17, 15) is 4.79 Å². The summed E-state index contributed by atoms with van der Waals surface area (Å²) < 4.78 is 0. The zero-order valence-electron chi connectivity index (χ0n) is 11.0. The Labute approximate surface area is 108 Å². The van der Waals surface area contributed by atoms with E-state index in [1.165, 1.54) is 16.3 Å². The number of benzene rings is 2. The molecule has 0 saturated carbocycles. The van der Waals surface area contributed by atoms with E-state index in [-0.39, 0.29) is 5.78 Å². The zero-order valence-corrected chi connectivity index (χ0v) is 11.0. The largest absolute Gasteiger partial charge is 0.302 e. The van der Waals surface area contributed by atoms with E-state index < -0.39 is 0 Å². The van der Waals surface area contributed by atoms with Crippen molar-refractivity contribution in [2.24, 2.45) is 0 Å². The third kappa shape index (κ3) is 3.41. The maximum absolute atomic E-state index is 10.9. The predicted molar refractivity (Wildman–Crippen MR) is 75.6 cm³/mol. The van der Waals surface area contributed by atoms with Crippen LogP contribution in [0.4, 0.5) is 0 Å². The lowest BCUT2D eigenvalue weighted by molar-refractivity contribution is -0.117. The molecule has 0 fully saturated rings. The molecule has 0 spiro atoms. The first-order valence-corrected chi connectivity index (χ1v) is 6.31. The fraction of sp³-hybridized carbons (Fsp3) is 0.312. The maximum atomic E-state index is 10.9. The van der Waals surface area contributed by atoms with Crippen LogP contribution in [0, 0.1) is 0 Å². The van der Waals surface area contributed by atoms with Crippen LogP contribution >= 0.6 is 0 Å². The van der Waals surface area contributed by atoms with Crippen molar-refractivity contribution in [3.63, 3.8) is 0 Å². The van der Waals surface area contributed by atoms with Crippen LogP contribution in [0.25, 0.3) is 10.8 Å². The minimum absolute atomic E-state index is 0.250. The predicted octanol–water partition coefficient (Wildman–Crippen LogP) is 3.25. The number of carbonyl (C=O) groups is 1. The zero-order chi connectivity index (χ0) is 13.0. The molecule has 0 aliphatic rings. The third-order valence-electron chi connectivity index (χ3n) is 3.11. The molecule has 0 N–H and O–H groups in total. The van der Waals surface area contributed by atoms with Crippen LogP contribution in [0.2, 0.25) is 0 Å². The topological polar surface area (TPSA) is 20.3 Å². The van der Waals surface area contributed by atoms with E-state index in [1.54, 1.807) is 6.92 Å². The summed E-state index contributed by atoms with van der Waals surface area (Å²) in [5.74, 6) is 0.250. The number of ketones is 1. The Hall–Kier alpha value is -1.67. The fourth-order valence-electron chi connectivity index (χ4n) is 2.08. The molecule has 0 radical (unpaired) electrons. The molecule has 0 aliphatic carbocycles. The van der Waals surface area contributed by atoms with Crippen LogP contribution in [0.1, 0.15) is 18.9 Å². The molecular formula is C16H19NO. The van der Waals surface area contributed by atoms with Gasteiger partial charge >= 0.3 is 0 Å². The summed E-state index contributed by atoms with van der Waals surface area (Å²) in [4.78, 5) is 13.1. The van der Waals surface area contributed by atoms with Crippen molar-refractivity contribution in [1.82, 2.24) is 4.90 Å². The van der Waals surface area contributed by atoms with E-state index in [2.05, 4.69) is 54.4 Å². The molecule has 94 valence electrons. The highest BCUT2D eigenvalue weighted by atomic mass is 16.1.